The van der Waals surface area contributed by atoms with Crippen LogP contribution in [0.3, 0.4) is 0 Å². The van der Waals surface area contributed by atoms with Crippen LogP contribution in [0.5, 0.6) is 0 Å². The van der Waals surface area contributed by atoms with Crippen LogP contribution in [-0.2, 0) is 16.1 Å². The number of thiophene rings is 1. The van der Waals surface area contributed by atoms with E-state index in [0.717, 1.165) is 9.78 Å². The lowest BCUT2D eigenvalue weighted by Crippen LogP contribution is -2.50. The Morgan fingerprint density at radius 3 is 2.90 bits per heavy atom. The van der Waals surface area contributed by atoms with Gasteiger partial charge in [-0.15, -0.1) is 11.3 Å². The van der Waals surface area contributed by atoms with Gasteiger partial charge in [0.25, 0.3) is 5.91 Å². The van der Waals surface area contributed by atoms with E-state index in [1.165, 1.54) is 22.5 Å². The topological polar surface area (TPSA) is 105 Å². The zero-order valence-electron chi connectivity index (χ0n) is 16.4. The monoisotopic (exact) mass is 418 g/mol. The summed E-state index contributed by atoms with van der Waals surface area (Å²) in [6.07, 6.45) is 1.29. The molecule has 1 N–H and O–H groups in total. The minimum Gasteiger partial charge on any atom is -0.444 e. The fraction of sp³-hybridized carbons (Fsp3) is 0.474. The second-order valence-electron chi connectivity index (χ2n) is 8.18. The Bertz CT molecular complexity index is 948. The van der Waals surface area contributed by atoms with Gasteiger partial charge in [0.1, 0.15) is 17.4 Å². The van der Waals surface area contributed by atoms with Crippen molar-refractivity contribution in [3.8, 4) is 10.8 Å². The average Bonchev–Trinajstić information content (AvgIpc) is 3.39. The molecule has 0 aromatic carbocycles. The smallest absolute Gasteiger partial charge is 0.410 e. The summed E-state index contributed by atoms with van der Waals surface area (Å²) < 4.78 is 10.8. The maximum Gasteiger partial charge on any atom is 0.410 e. The fourth-order valence-corrected chi connectivity index (χ4v) is 4.10. The SMILES string of the molecule is CC(C)(C)OC(=O)N1CC[C@]2(C1)NC(=O)N(Cc1coc(-c3cccs3)n1)C2=O. The summed E-state index contributed by atoms with van der Waals surface area (Å²) in [6.45, 7) is 5.77. The first-order valence-electron chi connectivity index (χ1n) is 9.27. The Labute approximate surface area is 171 Å². The zero-order valence-corrected chi connectivity index (χ0v) is 17.2. The number of carbonyl (C=O) groups excluding carboxylic acids is 3. The van der Waals surface area contributed by atoms with Crippen LogP contribution in [0.25, 0.3) is 10.8 Å². The van der Waals surface area contributed by atoms with Crippen LogP contribution < -0.4 is 5.32 Å². The molecule has 4 heterocycles. The maximum absolute atomic E-state index is 13.0. The summed E-state index contributed by atoms with van der Waals surface area (Å²) in [4.78, 5) is 45.7. The highest BCUT2D eigenvalue weighted by Gasteiger charge is 2.56. The number of nitrogens with zero attached hydrogens (tertiary/aromatic N) is 3. The number of urea groups is 1. The summed E-state index contributed by atoms with van der Waals surface area (Å²) in [7, 11) is 0. The van der Waals surface area contributed by atoms with E-state index in [-0.39, 0.29) is 19.0 Å². The second kappa shape index (κ2) is 6.87. The molecule has 2 aromatic rings. The molecule has 2 fully saturated rings. The van der Waals surface area contributed by atoms with Gasteiger partial charge in [-0.05, 0) is 38.6 Å². The van der Waals surface area contributed by atoms with Gasteiger partial charge in [-0.3, -0.25) is 9.69 Å². The van der Waals surface area contributed by atoms with Gasteiger partial charge in [0.2, 0.25) is 5.89 Å². The molecule has 154 valence electrons. The Morgan fingerprint density at radius 1 is 1.41 bits per heavy atom. The third-order valence-electron chi connectivity index (χ3n) is 4.77. The molecule has 2 aliphatic rings. The van der Waals surface area contributed by atoms with E-state index in [1.54, 1.807) is 20.8 Å². The predicted octanol–water partition coefficient (Wildman–Crippen LogP) is 2.83. The van der Waals surface area contributed by atoms with Crippen LogP contribution in [0.15, 0.2) is 28.2 Å². The molecule has 4 amide bonds. The number of amides is 4. The molecule has 9 nitrogen and oxygen atoms in total. The number of ether oxygens (including phenoxy) is 1. The highest BCUT2D eigenvalue weighted by atomic mass is 32.1. The molecule has 1 spiro atoms. The number of hydrogen-bond donors (Lipinski definition) is 1. The minimum atomic E-state index is -1.12. The van der Waals surface area contributed by atoms with E-state index in [1.807, 2.05) is 17.5 Å². The second-order valence-corrected chi connectivity index (χ2v) is 9.12. The first kappa shape index (κ1) is 19.4. The van der Waals surface area contributed by atoms with Crippen molar-refractivity contribution >= 4 is 29.4 Å². The van der Waals surface area contributed by atoms with Crippen molar-refractivity contribution in [2.75, 3.05) is 13.1 Å². The normalized spacial score (nSPS) is 21.9. The predicted molar refractivity (Wildman–Crippen MR) is 104 cm³/mol. The van der Waals surface area contributed by atoms with E-state index >= 15 is 0 Å². The number of rotatable bonds is 3. The quantitative estimate of drug-likeness (QED) is 0.769. The van der Waals surface area contributed by atoms with Crippen molar-refractivity contribution in [1.82, 2.24) is 20.1 Å². The van der Waals surface area contributed by atoms with Gasteiger partial charge in [-0.1, -0.05) is 6.07 Å². The van der Waals surface area contributed by atoms with Crippen LogP contribution in [0.1, 0.15) is 32.9 Å². The largest absolute Gasteiger partial charge is 0.444 e. The van der Waals surface area contributed by atoms with Gasteiger partial charge in [-0.2, -0.15) is 0 Å². The summed E-state index contributed by atoms with van der Waals surface area (Å²) >= 11 is 1.49. The van der Waals surface area contributed by atoms with Gasteiger partial charge in [0.15, 0.2) is 0 Å². The van der Waals surface area contributed by atoms with Crippen molar-refractivity contribution in [3.05, 3.63) is 29.5 Å². The Balaban J connectivity index is 1.45. The van der Waals surface area contributed by atoms with Crippen molar-refractivity contribution in [3.63, 3.8) is 0 Å². The lowest BCUT2D eigenvalue weighted by Gasteiger charge is -2.25. The Hall–Kier alpha value is -2.88. The van der Waals surface area contributed by atoms with Crippen LogP contribution in [0.2, 0.25) is 0 Å². The van der Waals surface area contributed by atoms with Gasteiger partial charge < -0.3 is 19.4 Å². The molecule has 0 unspecified atom stereocenters. The molecular weight excluding hydrogens is 396 g/mol. The minimum absolute atomic E-state index is 0.00767. The first-order chi connectivity index (χ1) is 13.7. The van der Waals surface area contributed by atoms with Gasteiger partial charge >= 0.3 is 12.1 Å². The van der Waals surface area contributed by atoms with Crippen molar-refractivity contribution in [2.24, 2.45) is 0 Å². The summed E-state index contributed by atoms with van der Waals surface area (Å²) in [6, 6.07) is 3.27. The maximum atomic E-state index is 13.0. The molecule has 0 radical (unpaired) electrons. The van der Waals surface area contributed by atoms with Crippen molar-refractivity contribution < 1.29 is 23.5 Å². The molecule has 0 bridgehead atoms. The Morgan fingerprint density at radius 2 is 2.21 bits per heavy atom. The van der Waals surface area contributed by atoms with Gasteiger partial charge in [0.05, 0.1) is 23.7 Å². The molecule has 0 aliphatic carbocycles. The molecule has 0 saturated carbocycles. The number of carbonyl (C=O) groups is 3. The summed E-state index contributed by atoms with van der Waals surface area (Å²) in [5.74, 6) is 0.0861. The molecular formula is C19H22N4O5S. The number of imide groups is 1. The third-order valence-corrected chi connectivity index (χ3v) is 5.63. The zero-order chi connectivity index (χ0) is 20.8. The summed E-state index contributed by atoms with van der Waals surface area (Å²) in [5, 5.41) is 4.68. The lowest BCUT2D eigenvalue weighted by molar-refractivity contribution is -0.131. The van der Waals surface area contributed by atoms with E-state index in [0.29, 0.717) is 24.6 Å². The average molecular weight is 418 g/mol. The van der Waals surface area contributed by atoms with Crippen LogP contribution in [-0.4, -0.2) is 57.0 Å². The summed E-state index contributed by atoms with van der Waals surface area (Å²) in [5.41, 5.74) is -1.26. The standard InChI is InChI=1S/C19H22N4O5S/c1-18(2,3)28-17(26)22-7-6-19(11-22)15(24)23(16(25)21-19)9-12-10-27-14(20-12)13-5-4-8-29-13/h4-5,8,10H,6-7,9,11H2,1-3H3,(H,21,25)/t19-/m1/s1. The van der Waals surface area contributed by atoms with Gasteiger partial charge in [0, 0.05) is 6.54 Å². The Kier molecular flexibility index (Phi) is 4.60. The molecule has 29 heavy (non-hydrogen) atoms. The number of nitrogens with one attached hydrogen (secondary N) is 1. The molecule has 4 rings (SSSR count). The molecule has 1 atom stereocenters. The first-order valence-corrected chi connectivity index (χ1v) is 10.2. The number of likely N-dealkylation sites (tertiary alicyclic amines) is 1. The lowest BCUT2D eigenvalue weighted by atomic mass is 9.99. The number of aromatic nitrogens is 1. The van der Waals surface area contributed by atoms with Crippen molar-refractivity contribution in [1.29, 1.82) is 0 Å². The highest BCUT2D eigenvalue weighted by molar-refractivity contribution is 7.13. The van der Waals surface area contributed by atoms with E-state index in [2.05, 4.69) is 10.3 Å². The molecule has 2 aromatic heterocycles. The van der Waals surface area contributed by atoms with E-state index < -0.39 is 23.3 Å². The third kappa shape index (κ3) is 3.71. The number of oxazole rings is 1. The van der Waals surface area contributed by atoms with Crippen molar-refractivity contribution in [2.45, 2.75) is 44.9 Å². The van der Waals surface area contributed by atoms with E-state index in [4.69, 9.17) is 9.15 Å². The van der Waals surface area contributed by atoms with E-state index in [9.17, 15) is 14.4 Å². The fourth-order valence-electron chi connectivity index (χ4n) is 3.44. The molecule has 2 saturated heterocycles. The number of hydrogen-bond acceptors (Lipinski definition) is 7. The van der Waals surface area contributed by atoms with Gasteiger partial charge in [-0.25, -0.2) is 14.6 Å². The molecule has 2 aliphatic heterocycles. The van der Waals surface area contributed by atoms with Crippen LogP contribution >= 0.6 is 11.3 Å². The van der Waals surface area contributed by atoms with Crippen LogP contribution in [0, 0.1) is 0 Å². The van der Waals surface area contributed by atoms with Crippen LogP contribution in [0.4, 0.5) is 9.59 Å². The highest BCUT2D eigenvalue weighted by Crippen LogP contribution is 2.31. The molecule has 10 heteroatoms.